The average Bonchev–Trinajstić information content (AvgIpc) is 2.28. The Hall–Kier alpha value is -0.336. The third-order valence-corrected chi connectivity index (χ3v) is 2.54. The Morgan fingerprint density at radius 1 is 1.28 bits per heavy atom. The molecule has 2 nitrogen and oxygen atoms in total. The molecule has 1 aromatic rings. The van der Waals surface area contributed by atoms with Crippen molar-refractivity contribution in [3.63, 3.8) is 0 Å². The van der Waals surface area contributed by atoms with E-state index in [1.54, 1.807) is 12.1 Å². The van der Waals surface area contributed by atoms with Gasteiger partial charge in [-0.25, -0.2) is 0 Å². The zero-order chi connectivity index (χ0) is 12.7. The first kappa shape index (κ1) is 17.7. The van der Waals surface area contributed by atoms with E-state index in [9.17, 15) is 10.2 Å². The van der Waals surface area contributed by atoms with E-state index in [-0.39, 0.29) is 52.8 Å². The summed E-state index contributed by atoms with van der Waals surface area (Å²) in [5.74, 6) is -0.0164. The van der Waals surface area contributed by atoms with Crippen molar-refractivity contribution in [2.24, 2.45) is 0 Å². The standard InChI is InChI=1S/C15H19O2.Pr/c1-3-5-6-12(4-2)7-8-13-9-14(16)11-15(17)10-13;/h4-6,9-10,16-17H,3,7-8H2,1-2H3;/q-1;/b6-5-,12-4+;. The fourth-order valence-electron chi connectivity index (χ4n) is 1.62. The predicted molar refractivity (Wildman–Crippen MR) is 70.1 cm³/mol. The molecule has 0 fully saturated rings. The van der Waals surface area contributed by atoms with Crippen LogP contribution in [0.5, 0.6) is 11.5 Å². The van der Waals surface area contributed by atoms with Gasteiger partial charge in [-0.05, 0) is 26.2 Å². The SMILES string of the molecule is C/C=C(\C=C/CC)CCc1cc(O)[c-]c(O)c1.[Pr]. The van der Waals surface area contributed by atoms with Crippen LogP contribution < -0.4 is 0 Å². The van der Waals surface area contributed by atoms with Gasteiger partial charge in [-0.1, -0.05) is 36.8 Å². The molecule has 0 bridgehead atoms. The van der Waals surface area contributed by atoms with Crippen LogP contribution in [0.4, 0.5) is 0 Å². The van der Waals surface area contributed by atoms with Gasteiger partial charge in [0.25, 0.3) is 0 Å². The predicted octanol–water partition coefficient (Wildman–Crippen LogP) is 3.74. The summed E-state index contributed by atoms with van der Waals surface area (Å²) in [6, 6.07) is 5.70. The molecule has 0 aliphatic carbocycles. The summed E-state index contributed by atoms with van der Waals surface area (Å²) in [6.45, 7) is 4.12. The summed E-state index contributed by atoms with van der Waals surface area (Å²) in [6.07, 6.45) is 9.05. The number of hydrogen-bond donors (Lipinski definition) is 2. The minimum Gasteiger partial charge on any atom is -0.534 e. The summed E-state index contributed by atoms with van der Waals surface area (Å²) >= 11 is 0. The second-order valence-electron chi connectivity index (χ2n) is 3.93. The second kappa shape index (κ2) is 9.58. The van der Waals surface area contributed by atoms with Crippen LogP contribution in [0.1, 0.15) is 32.3 Å². The van der Waals surface area contributed by atoms with Gasteiger partial charge in [-0.2, -0.15) is 5.56 Å². The molecular formula is C15H19O2Pr-. The number of allylic oxidation sites excluding steroid dienone is 4. The molecule has 1 aromatic carbocycles. The Balaban J connectivity index is 0.00000289. The molecule has 0 aliphatic heterocycles. The smallest absolute Gasteiger partial charge is 0.00777 e. The van der Waals surface area contributed by atoms with E-state index >= 15 is 0 Å². The maximum absolute atomic E-state index is 9.31. The molecule has 0 spiro atoms. The zero-order valence-electron chi connectivity index (χ0n) is 11.0. The molecule has 3 heteroatoms. The van der Waals surface area contributed by atoms with Gasteiger partial charge < -0.3 is 10.2 Å². The van der Waals surface area contributed by atoms with Crippen molar-refractivity contribution in [1.29, 1.82) is 0 Å². The largest absolute Gasteiger partial charge is 0.534 e. The van der Waals surface area contributed by atoms with Gasteiger partial charge in [0.2, 0.25) is 0 Å². The molecule has 0 aliphatic rings. The Morgan fingerprint density at radius 3 is 2.39 bits per heavy atom. The number of benzene rings is 1. The summed E-state index contributed by atoms with van der Waals surface area (Å²) in [4.78, 5) is 0. The molecule has 0 atom stereocenters. The number of hydrogen-bond acceptors (Lipinski definition) is 2. The van der Waals surface area contributed by atoms with Crippen LogP contribution in [0.3, 0.4) is 0 Å². The van der Waals surface area contributed by atoms with Gasteiger partial charge in [0.15, 0.2) is 0 Å². The molecule has 0 saturated heterocycles. The zero-order valence-corrected chi connectivity index (χ0v) is 14.7. The van der Waals surface area contributed by atoms with E-state index in [1.807, 2.05) is 6.92 Å². The maximum atomic E-state index is 9.31. The second-order valence-corrected chi connectivity index (χ2v) is 3.93. The summed E-state index contributed by atoms with van der Waals surface area (Å²) in [5.41, 5.74) is 2.18. The normalized spacial score (nSPS) is 11.6. The molecule has 95 valence electrons. The summed E-state index contributed by atoms with van der Waals surface area (Å²) in [5, 5.41) is 18.6. The van der Waals surface area contributed by atoms with Crippen molar-refractivity contribution >= 4 is 0 Å². The number of phenolic OH excluding ortho intramolecular Hbond substituents is 2. The molecule has 1 rings (SSSR count). The van der Waals surface area contributed by atoms with Crippen LogP contribution in [0.25, 0.3) is 0 Å². The third kappa shape index (κ3) is 6.56. The molecule has 0 amide bonds. The van der Waals surface area contributed by atoms with E-state index in [4.69, 9.17) is 0 Å². The van der Waals surface area contributed by atoms with Crippen molar-refractivity contribution in [3.05, 3.63) is 47.6 Å². The molecular weight excluding hydrogens is 353 g/mol. The fraction of sp³-hybridized carbons (Fsp3) is 0.333. The van der Waals surface area contributed by atoms with E-state index in [2.05, 4.69) is 31.2 Å². The van der Waals surface area contributed by atoms with Gasteiger partial charge in [-0.15, -0.1) is 12.1 Å². The Labute approximate surface area is 142 Å². The van der Waals surface area contributed by atoms with Crippen molar-refractivity contribution < 1.29 is 51.5 Å². The Morgan fingerprint density at radius 2 is 1.89 bits per heavy atom. The quantitative estimate of drug-likeness (QED) is 0.611. The fourth-order valence-corrected chi connectivity index (χ4v) is 1.62. The van der Waals surface area contributed by atoms with E-state index < -0.39 is 0 Å². The molecule has 0 aromatic heterocycles. The van der Waals surface area contributed by atoms with E-state index in [1.165, 1.54) is 5.57 Å². The van der Waals surface area contributed by atoms with Crippen LogP contribution in [0.2, 0.25) is 0 Å². The van der Waals surface area contributed by atoms with Gasteiger partial charge in [-0.3, -0.25) is 0 Å². The van der Waals surface area contributed by atoms with Crippen LogP contribution >= 0.6 is 0 Å². The third-order valence-electron chi connectivity index (χ3n) is 2.54. The van der Waals surface area contributed by atoms with Crippen LogP contribution in [0.15, 0.2) is 35.9 Å². The first-order chi connectivity index (χ1) is 8.15. The number of aromatic hydroxyl groups is 2. The van der Waals surface area contributed by atoms with E-state index in [0.717, 1.165) is 24.8 Å². The van der Waals surface area contributed by atoms with Crippen molar-refractivity contribution in [2.45, 2.75) is 33.1 Å². The molecule has 0 unspecified atom stereocenters. The minimum atomic E-state index is -0.00821. The molecule has 0 saturated carbocycles. The van der Waals surface area contributed by atoms with Gasteiger partial charge in [0.1, 0.15) is 0 Å². The van der Waals surface area contributed by atoms with Crippen molar-refractivity contribution in [1.82, 2.24) is 0 Å². The Kier molecular flexibility index (Phi) is 9.40. The number of phenols is 2. The van der Waals surface area contributed by atoms with Crippen molar-refractivity contribution in [3.8, 4) is 11.5 Å². The van der Waals surface area contributed by atoms with Gasteiger partial charge >= 0.3 is 0 Å². The molecule has 1 radical (unpaired) electrons. The van der Waals surface area contributed by atoms with Crippen LogP contribution in [-0.2, 0) is 6.42 Å². The molecule has 18 heavy (non-hydrogen) atoms. The minimum absolute atomic E-state index is 0. The summed E-state index contributed by atoms with van der Waals surface area (Å²) < 4.78 is 0. The molecule has 2 N–H and O–H groups in total. The van der Waals surface area contributed by atoms with Gasteiger partial charge in [0.05, 0.1) is 0 Å². The number of aryl methyl sites for hydroxylation is 1. The maximum Gasteiger partial charge on any atom is 0.00777 e. The molecule has 0 heterocycles. The number of rotatable bonds is 5. The first-order valence-electron chi connectivity index (χ1n) is 5.91. The average molecular weight is 372 g/mol. The van der Waals surface area contributed by atoms with Crippen LogP contribution in [-0.4, -0.2) is 10.2 Å². The van der Waals surface area contributed by atoms with Gasteiger partial charge in [0, 0.05) is 52.8 Å². The Bertz CT molecular complexity index is 402. The summed E-state index contributed by atoms with van der Waals surface area (Å²) in [7, 11) is 0. The van der Waals surface area contributed by atoms with E-state index in [0.29, 0.717) is 0 Å². The van der Waals surface area contributed by atoms with Crippen LogP contribution in [0, 0.1) is 47.4 Å². The first-order valence-corrected chi connectivity index (χ1v) is 5.91. The monoisotopic (exact) mass is 372 g/mol. The topological polar surface area (TPSA) is 40.5 Å². The van der Waals surface area contributed by atoms with Crippen molar-refractivity contribution in [2.75, 3.05) is 0 Å².